The van der Waals surface area contributed by atoms with E-state index >= 15 is 0 Å². The Bertz CT molecular complexity index is 585. The lowest BCUT2D eigenvalue weighted by atomic mass is 9.97. The Labute approximate surface area is 111 Å². The monoisotopic (exact) mass is 259 g/mol. The Morgan fingerprint density at radius 2 is 2.11 bits per heavy atom. The van der Waals surface area contributed by atoms with Crippen molar-refractivity contribution >= 4 is 16.8 Å². The summed E-state index contributed by atoms with van der Waals surface area (Å²) in [6.45, 7) is 1.61. The zero-order chi connectivity index (χ0) is 13.2. The molecule has 3 rings (SSSR count). The van der Waals surface area contributed by atoms with Crippen LogP contribution in [0.2, 0.25) is 0 Å². The SMILES string of the molecule is O=C(c1n[nH]c2ccccc12)N1CCC(CO)CC1. The maximum Gasteiger partial charge on any atom is 0.274 e. The fourth-order valence-electron chi connectivity index (χ4n) is 2.59. The fraction of sp³-hybridized carbons (Fsp3) is 0.429. The van der Waals surface area contributed by atoms with Gasteiger partial charge in [0.1, 0.15) is 0 Å². The number of piperidine rings is 1. The van der Waals surface area contributed by atoms with Crippen molar-refractivity contribution in [3.05, 3.63) is 30.0 Å². The molecule has 1 fully saturated rings. The van der Waals surface area contributed by atoms with E-state index in [-0.39, 0.29) is 12.5 Å². The second-order valence-electron chi connectivity index (χ2n) is 5.04. The van der Waals surface area contributed by atoms with Crippen LogP contribution in [0.15, 0.2) is 24.3 Å². The van der Waals surface area contributed by atoms with Crippen molar-refractivity contribution in [3.63, 3.8) is 0 Å². The lowest BCUT2D eigenvalue weighted by Gasteiger charge is -2.30. The molecule has 0 aliphatic carbocycles. The van der Waals surface area contributed by atoms with E-state index in [9.17, 15) is 4.79 Å². The molecule has 19 heavy (non-hydrogen) atoms. The molecule has 1 aromatic heterocycles. The molecule has 1 aliphatic heterocycles. The average molecular weight is 259 g/mol. The van der Waals surface area contributed by atoms with Gasteiger partial charge in [0.05, 0.1) is 5.52 Å². The first-order chi connectivity index (χ1) is 9.29. The van der Waals surface area contributed by atoms with Crippen molar-refractivity contribution in [2.75, 3.05) is 19.7 Å². The van der Waals surface area contributed by atoms with Crippen molar-refractivity contribution < 1.29 is 9.90 Å². The van der Waals surface area contributed by atoms with Gasteiger partial charge in [-0.1, -0.05) is 18.2 Å². The van der Waals surface area contributed by atoms with E-state index in [1.807, 2.05) is 29.2 Å². The summed E-state index contributed by atoms with van der Waals surface area (Å²) in [4.78, 5) is 14.3. The predicted molar refractivity (Wildman–Crippen MR) is 71.8 cm³/mol. The molecule has 100 valence electrons. The molecule has 0 spiro atoms. The summed E-state index contributed by atoms with van der Waals surface area (Å²) in [5.74, 6) is 0.314. The van der Waals surface area contributed by atoms with Crippen molar-refractivity contribution in [3.8, 4) is 0 Å². The quantitative estimate of drug-likeness (QED) is 0.856. The van der Waals surface area contributed by atoms with Crippen LogP contribution in [0.1, 0.15) is 23.3 Å². The first kappa shape index (κ1) is 12.2. The molecule has 2 heterocycles. The third-order valence-electron chi connectivity index (χ3n) is 3.83. The molecule has 0 unspecified atom stereocenters. The highest BCUT2D eigenvalue weighted by molar-refractivity contribution is 6.04. The van der Waals surface area contributed by atoms with E-state index in [4.69, 9.17) is 5.11 Å². The van der Waals surface area contributed by atoms with Gasteiger partial charge in [0.15, 0.2) is 5.69 Å². The number of hydrogen-bond acceptors (Lipinski definition) is 3. The number of likely N-dealkylation sites (tertiary alicyclic amines) is 1. The normalized spacial score (nSPS) is 17.0. The first-order valence-corrected chi connectivity index (χ1v) is 6.63. The minimum absolute atomic E-state index is 0.0196. The Morgan fingerprint density at radius 1 is 1.37 bits per heavy atom. The molecule has 2 aromatic rings. The maximum atomic E-state index is 12.5. The van der Waals surface area contributed by atoms with Gasteiger partial charge in [0, 0.05) is 25.1 Å². The second kappa shape index (κ2) is 5.01. The van der Waals surface area contributed by atoms with Crippen LogP contribution in [0.3, 0.4) is 0 Å². The highest BCUT2D eigenvalue weighted by Gasteiger charge is 2.25. The molecule has 1 aliphatic rings. The van der Waals surface area contributed by atoms with E-state index in [1.165, 1.54) is 0 Å². The maximum absolute atomic E-state index is 12.5. The molecule has 5 heteroatoms. The van der Waals surface area contributed by atoms with E-state index in [0.29, 0.717) is 24.7 Å². The zero-order valence-electron chi connectivity index (χ0n) is 10.7. The smallest absolute Gasteiger partial charge is 0.274 e. The number of hydrogen-bond donors (Lipinski definition) is 2. The molecule has 0 saturated carbocycles. The highest BCUT2D eigenvalue weighted by Crippen LogP contribution is 2.21. The lowest BCUT2D eigenvalue weighted by Crippen LogP contribution is -2.39. The number of carbonyl (C=O) groups is 1. The van der Waals surface area contributed by atoms with E-state index in [0.717, 1.165) is 23.7 Å². The molecule has 0 radical (unpaired) electrons. The van der Waals surface area contributed by atoms with Gasteiger partial charge in [-0.2, -0.15) is 5.10 Å². The number of nitrogens with one attached hydrogen (secondary N) is 1. The topological polar surface area (TPSA) is 69.2 Å². The van der Waals surface area contributed by atoms with Gasteiger partial charge < -0.3 is 10.0 Å². The van der Waals surface area contributed by atoms with Crippen LogP contribution in [0, 0.1) is 5.92 Å². The van der Waals surface area contributed by atoms with Crippen LogP contribution in [0.5, 0.6) is 0 Å². The molecule has 2 N–H and O–H groups in total. The number of carbonyl (C=O) groups excluding carboxylic acids is 1. The largest absolute Gasteiger partial charge is 0.396 e. The second-order valence-corrected chi connectivity index (χ2v) is 5.04. The number of nitrogens with zero attached hydrogens (tertiary/aromatic N) is 2. The molecule has 0 atom stereocenters. The number of H-pyrrole nitrogens is 1. The van der Waals surface area contributed by atoms with Gasteiger partial charge >= 0.3 is 0 Å². The molecule has 1 saturated heterocycles. The number of amides is 1. The minimum Gasteiger partial charge on any atom is -0.396 e. The number of fused-ring (bicyclic) bond motifs is 1. The number of para-hydroxylation sites is 1. The predicted octanol–water partition coefficient (Wildman–Crippen LogP) is 1.41. The van der Waals surface area contributed by atoms with Crippen molar-refractivity contribution in [2.45, 2.75) is 12.8 Å². The third kappa shape index (κ3) is 2.21. The van der Waals surface area contributed by atoms with Crippen LogP contribution >= 0.6 is 0 Å². The number of aliphatic hydroxyl groups is 1. The number of benzene rings is 1. The van der Waals surface area contributed by atoms with E-state index in [1.54, 1.807) is 0 Å². The summed E-state index contributed by atoms with van der Waals surface area (Å²) in [5, 5.41) is 17.0. The average Bonchev–Trinajstić information content (AvgIpc) is 2.90. The summed E-state index contributed by atoms with van der Waals surface area (Å²) < 4.78 is 0. The Morgan fingerprint density at radius 3 is 2.84 bits per heavy atom. The Hall–Kier alpha value is -1.88. The molecule has 0 bridgehead atoms. The van der Waals surface area contributed by atoms with E-state index < -0.39 is 0 Å². The van der Waals surface area contributed by atoms with Gasteiger partial charge in [-0.3, -0.25) is 9.89 Å². The fourth-order valence-corrected chi connectivity index (χ4v) is 2.59. The third-order valence-corrected chi connectivity index (χ3v) is 3.83. The number of aromatic amines is 1. The van der Waals surface area contributed by atoms with Crippen LogP contribution in [-0.4, -0.2) is 45.8 Å². The van der Waals surface area contributed by atoms with Crippen molar-refractivity contribution in [2.24, 2.45) is 5.92 Å². The zero-order valence-corrected chi connectivity index (χ0v) is 10.7. The van der Waals surface area contributed by atoms with Crippen LogP contribution in [0.4, 0.5) is 0 Å². The lowest BCUT2D eigenvalue weighted by molar-refractivity contribution is 0.0647. The number of aromatic nitrogens is 2. The summed E-state index contributed by atoms with van der Waals surface area (Å²) in [6, 6.07) is 7.65. The highest BCUT2D eigenvalue weighted by atomic mass is 16.3. The Kier molecular flexibility index (Phi) is 3.21. The molecular formula is C14H17N3O2. The van der Waals surface area contributed by atoms with Crippen LogP contribution in [-0.2, 0) is 0 Å². The van der Waals surface area contributed by atoms with Crippen LogP contribution in [0.25, 0.3) is 10.9 Å². The molecule has 5 nitrogen and oxygen atoms in total. The standard InChI is InChI=1S/C14H17N3O2/c18-9-10-5-7-17(8-6-10)14(19)13-11-3-1-2-4-12(11)15-16-13/h1-4,10,18H,5-9H2,(H,15,16). The minimum atomic E-state index is -0.0196. The summed E-state index contributed by atoms with van der Waals surface area (Å²) in [6.07, 6.45) is 1.73. The van der Waals surface area contributed by atoms with Gasteiger partial charge in [0.25, 0.3) is 5.91 Å². The van der Waals surface area contributed by atoms with Crippen molar-refractivity contribution in [1.82, 2.24) is 15.1 Å². The first-order valence-electron chi connectivity index (χ1n) is 6.63. The molecular weight excluding hydrogens is 242 g/mol. The van der Waals surface area contributed by atoms with Gasteiger partial charge in [-0.15, -0.1) is 0 Å². The Balaban J connectivity index is 1.81. The van der Waals surface area contributed by atoms with Crippen LogP contribution < -0.4 is 0 Å². The summed E-state index contributed by atoms with van der Waals surface area (Å²) in [7, 11) is 0. The summed E-state index contributed by atoms with van der Waals surface area (Å²) >= 11 is 0. The van der Waals surface area contributed by atoms with E-state index in [2.05, 4.69) is 10.2 Å². The summed E-state index contributed by atoms with van der Waals surface area (Å²) in [5.41, 5.74) is 1.38. The molecule has 1 aromatic carbocycles. The van der Waals surface area contributed by atoms with Gasteiger partial charge in [-0.25, -0.2) is 0 Å². The van der Waals surface area contributed by atoms with Gasteiger partial charge in [-0.05, 0) is 24.8 Å². The van der Waals surface area contributed by atoms with Crippen molar-refractivity contribution in [1.29, 1.82) is 0 Å². The number of rotatable bonds is 2. The number of aliphatic hydroxyl groups excluding tert-OH is 1. The molecule has 1 amide bonds. The van der Waals surface area contributed by atoms with Gasteiger partial charge in [0.2, 0.25) is 0 Å².